The molecule has 2 aromatic carbocycles. The second kappa shape index (κ2) is 3.76. The van der Waals surface area contributed by atoms with E-state index in [4.69, 9.17) is 11.8 Å². The number of nitro benzene ring substituents is 1. The van der Waals surface area contributed by atoms with Gasteiger partial charge in [0.2, 0.25) is 0 Å². The molecule has 0 spiro atoms. The molecule has 0 saturated heterocycles. The van der Waals surface area contributed by atoms with Crippen LogP contribution in [0.15, 0.2) is 30.3 Å². The lowest BCUT2D eigenvalue weighted by Crippen LogP contribution is -2.32. The SMILES string of the molecule is O=C1c2cccc3cc([N+](=O)[O-])cc(c23)C(=O)N1Cl. The van der Waals surface area contributed by atoms with E-state index in [0.717, 1.165) is 6.07 Å². The Morgan fingerprint density at radius 2 is 1.79 bits per heavy atom. The Bertz CT molecular complexity index is 772. The molecule has 0 atom stereocenters. The van der Waals surface area contributed by atoms with E-state index >= 15 is 0 Å². The van der Waals surface area contributed by atoms with Crippen LogP contribution in [0.25, 0.3) is 10.8 Å². The van der Waals surface area contributed by atoms with Crippen LogP contribution >= 0.6 is 11.8 Å². The second-order valence-corrected chi connectivity index (χ2v) is 4.38. The predicted molar refractivity (Wildman–Crippen MR) is 67.0 cm³/mol. The van der Waals surface area contributed by atoms with Crippen LogP contribution in [0.5, 0.6) is 0 Å². The van der Waals surface area contributed by atoms with Crippen molar-refractivity contribution >= 4 is 40.1 Å². The van der Waals surface area contributed by atoms with E-state index in [1.807, 2.05) is 0 Å². The zero-order chi connectivity index (χ0) is 13.7. The Balaban J connectivity index is 2.48. The van der Waals surface area contributed by atoms with Crippen LogP contribution in [-0.2, 0) is 0 Å². The van der Waals surface area contributed by atoms with Crippen LogP contribution in [-0.4, -0.2) is 21.2 Å². The van der Waals surface area contributed by atoms with Gasteiger partial charge in [0.15, 0.2) is 0 Å². The minimum absolute atomic E-state index is 0.0643. The van der Waals surface area contributed by atoms with Gasteiger partial charge >= 0.3 is 0 Å². The summed E-state index contributed by atoms with van der Waals surface area (Å²) >= 11 is 5.63. The highest BCUT2D eigenvalue weighted by atomic mass is 35.5. The molecule has 0 fully saturated rings. The Morgan fingerprint density at radius 1 is 1.11 bits per heavy atom. The molecule has 1 heterocycles. The Morgan fingerprint density at radius 3 is 2.47 bits per heavy atom. The molecule has 0 N–H and O–H groups in total. The van der Waals surface area contributed by atoms with E-state index in [1.165, 1.54) is 12.1 Å². The van der Waals surface area contributed by atoms with E-state index in [1.54, 1.807) is 12.1 Å². The standard InChI is InChI=1S/C12H5ClN2O4/c13-14-11(16)8-3-1-2-6-4-7(15(18)19)5-9(10(6)8)12(14)17/h1-5H. The lowest BCUT2D eigenvalue weighted by molar-refractivity contribution is -0.384. The van der Waals surface area contributed by atoms with Gasteiger partial charge in [-0.1, -0.05) is 12.1 Å². The van der Waals surface area contributed by atoms with Crippen molar-refractivity contribution in [2.45, 2.75) is 0 Å². The molecule has 19 heavy (non-hydrogen) atoms. The van der Waals surface area contributed by atoms with Crippen LogP contribution in [0, 0.1) is 10.1 Å². The fraction of sp³-hybridized carbons (Fsp3) is 0. The number of hydrogen-bond acceptors (Lipinski definition) is 4. The molecule has 0 unspecified atom stereocenters. The fourth-order valence-corrected chi connectivity index (χ4v) is 2.35. The van der Waals surface area contributed by atoms with Gasteiger partial charge in [-0.15, -0.1) is 0 Å². The van der Waals surface area contributed by atoms with E-state index in [9.17, 15) is 19.7 Å². The van der Waals surface area contributed by atoms with Crippen LogP contribution < -0.4 is 0 Å². The van der Waals surface area contributed by atoms with Crippen molar-refractivity contribution in [2.75, 3.05) is 0 Å². The molecule has 0 radical (unpaired) electrons. The number of benzene rings is 2. The van der Waals surface area contributed by atoms with E-state index in [0.29, 0.717) is 15.2 Å². The topological polar surface area (TPSA) is 80.5 Å². The van der Waals surface area contributed by atoms with Crippen molar-refractivity contribution in [3.8, 4) is 0 Å². The van der Waals surface area contributed by atoms with E-state index in [2.05, 4.69) is 0 Å². The first-order valence-corrected chi connectivity index (χ1v) is 5.60. The number of nitro groups is 1. The highest BCUT2D eigenvalue weighted by Crippen LogP contribution is 2.33. The molecule has 0 aromatic heterocycles. The average Bonchev–Trinajstić information content (AvgIpc) is 2.41. The van der Waals surface area contributed by atoms with E-state index in [-0.39, 0.29) is 16.8 Å². The summed E-state index contributed by atoms with van der Waals surface area (Å²) in [6, 6.07) is 7.19. The summed E-state index contributed by atoms with van der Waals surface area (Å²) in [6.45, 7) is 0. The molecule has 0 aliphatic carbocycles. The Kier molecular flexibility index (Phi) is 2.30. The van der Waals surface area contributed by atoms with Crippen molar-refractivity contribution < 1.29 is 14.5 Å². The molecule has 2 amide bonds. The second-order valence-electron chi connectivity index (χ2n) is 4.05. The molecular weight excluding hydrogens is 272 g/mol. The lowest BCUT2D eigenvalue weighted by atomic mass is 9.94. The molecular formula is C12H5ClN2O4. The van der Waals surface area contributed by atoms with Crippen LogP contribution in [0.4, 0.5) is 5.69 Å². The number of non-ortho nitro benzene ring substituents is 1. The smallest absolute Gasteiger partial charge is 0.267 e. The number of nitrogens with zero attached hydrogens (tertiary/aromatic N) is 2. The van der Waals surface area contributed by atoms with Crippen molar-refractivity contribution in [1.29, 1.82) is 0 Å². The number of hydrogen-bond donors (Lipinski definition) is 0. The maximum atomic E-state index is 11.9. The Labute approximate surface area is 111 Å². The zero-order valence-electron chi connectivity index (χ0n) is 9.29. The first kappa shape index (κ1) is 11.6. The number of imide groups is 1. The molecule has 0 bridgehead atoms. The number of amides is 2. The first-order chi connectivity index (χ1) is 9.00. The molecule has 0 saturated carbocycles. The van der Waals surface area contributed by atoms with Crippen molar-refractivity contribution in [2.24, 2.45) is 0 Å². The molecule has 6 nitrogen and oxygen atoms in total. The minimum atomic E-state index is -0.751. The van der Waals surface area contributed by atoms with Crippen LogP contribution in [0.2, 0.25) is 0 Å². The third-order valence-corrected chi connectivity index (χ3v) is 3.30. The zero-order valence-corrected chi connectivity index (χ0v) is 10.0. The summed E-state index contributed by atoms with van der Waals surface area (Å²) in [5.41, 5.74) is 0.110. The largest absolute Gasteiger partial charge is 0.276 e. The maximum Gasteiger partial charge on any atom is 0.276 e. The highest BCUT2D eigenvalue weighted by Gasteiger charge is 2.33. The van der Waals surface area contributed by atoms with Gasteiger partial charge in [0.25, 0.3) is 17.5 Å². The number of carbonyl (C=O) groups excluding carboxylic acids is 2. The van der Waals surface area contributed by atoms with Gasteiger partial charge in [0, 0.05) is 34.9 Å². The van der Waals surface area contributed by atoms with Gasteiger partial charge in [-0.2, -0.15) is 4.42 Å². The monoisotopic (exact) mass is 276 g/mol. The molecule has 94 valence electrons. The lowest BCUT2D eigenvalue weighted by Gasteiger charge is -2.20. The first-order valence-electron chi connectivity index (χ1n) is 5.26. The van der Waals surface area contributed by atoms with Gasteiger partial charge < -0.3 is 0 Å². The average molecular weight is 277 g/mol. The molecule has 1 aliphatic heterocycles. The van der Waals surface area contributed by atoms with Gasteiger partial charge in [-0.3, -0.25) is 19.7 Å². The van der Waals surface area contributed by atoms with E-state index < -0.39 is 16.7 Å². The quantitative estimate of drug-likeness (QED) is 0.347. The van der Waals surface area contributed by atoms with Crippen LogP contribution in [0.3, 0.4) is 0 Å². The summed E-state index contributed by atoms with van der Waals surface area (Å²) in [5.74, 6) is -1.38. The predicted octanol–water partition coefficient (Wildman–Crippen LogP) is 2.50. The molecule has 2 aromatic rings. The highest BCUT2D eigenvalue weighted by molar-refractivity contribution is 6.40. The third kappa shape index (κ3) is 1.50. The van der Waals surface area contributed by atoms with Gasteiger partial charge in [0.1, 0.15) is 0 Å². The number of halogens is 1. The normalized spacial score (nSPS) is 14.1. The van der Waals surface area contributed by atoms with Crippen molar-refractivity contribution in [3.05, 3.63) is 51.6 Å². The maximum absolute atomic E-state index is 11.9. The molecule has 1 aliphatic rings. The van der Waals surface area contributed by atoms with Gasteiger partial charge in [0.05, 0.1) is 10.5 Å². The molecule has 7 heteroatoms. The summed E-state index contributed by atoms with van der Waals surface area (Å²) in [6.07, 6.45) is 0. The van der Waals surface area contributed by atoms with Gasteiger partial charge in [-0.25, -0.2) is 0 Å². The number of rotatable bonds is 1. The third-order valence-electron chi connectivity index (χ3n) is 2.99. The fourth-order valence-electron chi connectivity index (χ4n) is 2.17. The van der Waals surface area contributed by atoms with Crippen molar-refractivity contribution in [1.82, 2.24) is 4.42 Å². The van der Waals surface area contributed by atoms with Crippen molar-refractivity contribution in [3.63, 3.8) is 0 Å². The minimum Gasteiger partial charge on any atom is -0.267 e. The molecule has 3 rings (SSSR count). The summed E-state index contributed by atoms with van der Waals surface area (Å²) in [7, 11) is 0. The Hall–Kier alpha value is -2.47. The van der Waals surface area contributed by atoms with Crippen LogP contribution in [0.1, 0.15) is 20.7 Å². The van der Waals surface area contributed by atoms with Gasteiger partial charge in [-0.05, 0) is 11.5 Å². The summed E-state index contributed by atoms with van der Waals surface area (Å²) < 4.78 is 0.445. The summed E-state index contributed by atoms with van der Waals surface area (Å²) in [5, 5.41) is 11.7. The number of carbonyl (C=O) groups is 2. The summed E-state index contributed by atoms with van der Waals surface area (Å²) in [4.78, 5) is 34.1.